The van der Waals surface area contributed by atoms with E-state index in [1.807, 2.05) is 47.8 Å². The first-order valence-electron chi connectivity index (χ1n) is 17.6. The highest BCUT2D eigenvalue weighted by molar-refractivity contribution is 7.09. The van der Waals surface area contributed by atoms with E-state index < -0.39 is 72.1 Å². The molecule has 0 radical (unpaired) electrons. The van der Waals surface area contributed by atoms with Gasteiger partial charge in [0.15, 0.2) is 0 Å². The number of rotatable bonds is 9. The molecule has 5 amide bonds. The Morgan fingerprint density at radius 1 is 0.636 bits per heavy atom. The van der Waals surface area contributed by atoms with Gasteiger partial charge in [-0.2, -0.15) is 0 Å². The van der Waals surface area contributed by atoms with Crippen LogP contribution in [0, 0.1) is 0 Å². The second kappa shape index (κ2) is 19.1. The number of benzene rings is 3. The maximum Gasteiger partial charge on any atom is 0.326 e. The fourth-order valence-corrected chi connectivity index (χ4v) is 6.73. The zero-order valence-electron chi connectivity index (χ0n) is 29.7. The molecule has 4 atom stereocenters. The fraction of sp³-hybridized carbons (Fsp3) is 0.275. The molecule has 2 bridgehead atoms. The number of carboxylic acid groups (broad SMARTS) is 2. The Bertz CT molecular complexity index is 1990. The summed E-state index contributed by atoms with van der Waals surface area (Å²) in [5.74, 6) is -6.14. The van der Waals surface area contributed by atoms with Crippen LogP contribution in [0.1, 0.15) is 41.7 Å². The molecule has 55 heavy (non-hydrogen) atoms. The van der Waals surface area contributed by atoms with Gasteiger partial charge in [0.25, 0.3) is 0 Å². The first-order valence-corrected chi connectivity index (χ1v) is 18.5. The number of hydrogen-bond acceptors (Lipinski definition) is 8. The summed E-state index contributed by atoms with van der Waals surface area (Å²) in [7, 11) is 0. The van der Waals surface area contributed by atoms with E-state index in [0.717, 1.165) is 16.0 Å². The van der Waals surface area contributed by atoms with E-state index in [1.54, 1.807) is 48.5 Å². The van der Waals surface area contributed by atoms with Crippen molar-refractivity contribution >= 4 is 58.5 Å². The second-order valence-electron chi connectivity index (χ2n) is 13.1. The summed E-state index contributed by atoms with van der Waals surface area (Å²) in [5, 5.41) is 34.3. The maximum absolute atomic E-state index is 14.1. The van der Waals surface area contributed by atoms with Gasteiger partial charge in [-0.1, -0.05) is 72.8 Å². The standard InChI is InChI=1S/C40H41N5O9S/c46-34-17-18-35(47)42-32(23-29-7-4-20-55-29)39(52)44-31(21-24-8-12-27(13-9-24)26-5-2-1-3-6-26)38(51)43-30(16-19-36(48)49)37(50)45-33(40(53)54)22-25-10-14-28(41-34)15-11-25/h1-15,20,30-33H,16-19,21-23H2,(H,41,46)(H,42,47)(H,43,51)(H,44,52)(H,45,50)(H,48,49)(H,53,54)/t30-,31+,32-,33+/m1/s1. The average molecular weight is 768 g/mol. The lowest BCUT2D eigenvalue weighted by Crippen LogP contribution is -2.58. The van der Waals surface area contributed by atoms with Gasteiger partial charge in [-0.05, 0) is 52.3 Å². The first-order chi connectivity index (χ1) is 26.4. The molecule has 1 aromatic heterocycles. The number of thiophene rings is 1. The number of anilines is 1. The van der Waals surface area contributed by atoms with Gasteiger partial charge >= 0.3 is 11.9 Å². The fourth-order valence-electron chi connectivity index (χ4n) is 5.98. The van der Waals surface area contributed by atoms with E-state index in [2.05, 4.69) is 26.6 Å². The molecule has 0 saturated carbocycles. The number of carboxylic acids is 2. The minimum absolute atomic E-state index is 0.0622. The van der Waals surface area contributed by atoms with Crippen LogP contribution < -0.4 is 26.6 Å². The van der Waals surface area contributed by atoms with Crippen LogP contribution in [0.5, 0.6) is 0 Å². The third-order valence-electron chi connectivity index (χ3n) is 8.92. The van der Waals surface area contributed by atoms with Crippen molar-refractivity contribution in [2.75, 3.05) is 5.32 Å². The number of carbonyl (C=O) groups excluding carboxylic acids is 5. The number of fused-ring (bicyclic) bond motifs is 18. The molecule has 0 spiro atoms. The Hall–Kier alpha value is -6.35. The van der Waals surface area contributed by atoms with Crippen LogP contribution >= 0.6 is 11.3 Å². The topological polar surface area (TPSA) is 220 Å². The minimum atomic E-state index is -1.49. The molecule has 3 heterocycles. The van der Waals surface area contributed by atoms with Crippen molar-refractivity contribution in [1.82, 2.24) is 21.3 Å². The summed E-state index contributed by atoms with van der Waals surface area (Å²) in [4.78, 5) is 92.1. The van der Waals surface area contributed by atoms with Gasteiger partial charge in [-0.25, -0.2) is 4.79 Å². The third-order valence-corrected chi connectivity index (χ3v) is 9.82. The SMILES string of the molecule is O=C(O)CC[C@H]1NC(=O)[C@H](Cc2ccc(-c3ccccc3)cc2)NC(=O)[C@@H](Cc2cccs2)NC(=O)CCC(=O)Nc2ccc(cc2)C[C@@H](C(=O)O)NC1=O. The zero-order chi connectivity index (χ0) is 39.3. The van der Waals surface area contributed by atoms with Crippen LogP contribution in [0.2, 0.25) is 0 Å². The van der Waals surface area contributed by atoms with Gasteiger partial charge in [0.05, 0.1) is 0 Å². The van der Waals surface area contributed by atoms with Crippen molar-refractivity contribution in [3.8, 4) is 11.1 Å². The molecule has 286 valence electrons. The van der Waals surface area contributed by atoms with E-state index in [0.29, 0.717) is 16.8 Å². The number of carbonyl (C=O) groups is 7. The summed E-state index contributed by atoms with van der Waals surface area (Å²) < 4.78 is 0. The van der Waals surface area contributed by atoms with Gasteiger partial charge in [-0.15, -0.1) is 11.3 Å². The smallest absolute Gasteiger partial charge is 0.326 e. The molecule has 2 aliphatic heterocycles. The molecule has 6 rings (SSSR count). The summed E-state index contributed by atoms with van der Waals surface area (Å²) in [5.41, 5.74) is 3.40. The molecular weight excluding hydrogens is 727 g/mol. The lowest BCUT2D eigenvalue weighted by atomic mass is 9.99. The quantitative estimate of drug-likeness (QED) is 0.124. The Kier molecular flexibility index (Phi) is 13.9. The third kappa shape index (κ3) is 12.1. The van der Waals surface area contributed by atoms with Crippen molar-refractivity contribution in [2.24, 2.45) is 0 Å². The normalized spacial score (nSPS) is 20.2. The van der Waals surface area contributed by atoms with Gasteiger partial charge in [0, 0.05) is 49.1 Å². The van der Waals surface area contributed by atoms with Crippen molar-refractivity contribution in [2.45, 2.75) is 69.1 Å². The molecule has 15 heteroatoms. The van der Waals surface area contributed by atoms with Crippen molar-refractivity contribution in [3.63, 3.8) is 0 Å². The van der Waals surface area contributed by atoms with Crippen molar-refractivity contribution < 1.29 is 43.8 Å². The second-order valence-corrected chi connectivity index (χ2v) is 14.1. The van der Waals surface area contributed by atoms with Crippen LogP contribution in [0.3, 0.4) is 0 Å². The highest BCUT2D eigenvalue weighted by atomic mass is 32.1. The predicted octanol–water partition coefficient (Wildman–Crippen LogP) is 3.06. The van der Waals surface area contributed by atoms with Gasteiger partial charge in [-0.3, -0.25) is 28.8 Å². The molecule has 7 N–H and O–H groups in total. The van der Waals surface area contributed by atoms with E-state index in [1.165, 1.54) is 11.3 Å². The molecule has 2 aliphatic rings. The lowest BCUT2D eigenvalue weighted by Gasteiger charge is -2.26. The van der Waals surface area contributed by atoms with Crippen molar-refractivity contribution in [3.05, 3.63) is 112 Å². The lowest BCUT2D eigenvalue weighted by molar-refractivity contribution is -0.143. The van der Waals surface area contributed by atoms with Gasteiger partial charge in [0.2, 0.25) is 29.5 Å². The Balaban J connectivity index is 1.48. The zero-order valence-corrected chi connectivity index (χ0v) is 30.5. The van der Waals surface area contributed by atoms with E-state index >= 15 is 0 Å². The van der Waals surface area contributed by atoms with Crippen molar-refractivity contribution in [1.29, 1.82) is 0 Å². The predicted molar refractivity (Wildman–Crippen MR) is 204 cm³/mol. The van der Waals surface area contributed by atoms with Gasteiger partial charge in [0.1, 0.15) is 24.2 Å². The number of hydrogen-bond donors (Lipinski definition) is 7. The Labute approximate surface area is 320 Å². The Morgan fingerprint density at radius 2 is 1.25 bits per heavy atom. The van der Waals surface area contributed by atoms with E-state index in [4.69, 9.17) is 0 Å². The number of aliphatic carboxylic acids is 2. The molecule has 0 aliphatic carbocycles. The maximum atomic E-state index is 14.1. The van der Waals surface area contributed by atoms with Crippen LogP contribution in [0.25, 0.3) is 11.1 Å². The summed E-state index contributed by atoms with van der Waals surface area (Å²) in [6.07, 6.45) is -1.50. The monoisotopic (exact) mass is 767 g/mol. The summed E-state index contributed by atoms with van der Waals surface area (Å²) in [6.45, 7) is 0. The highest BCUT2D eigenvalue weighted by Gasteiger charge is 2.32. The largest absolute Gasteiger partial charge is 0.481 e. The van der Waals surface area contributed by atoms with Crippen LogP contribution in [-0.2, 0) is 52.8 Å². The number of nitrogens with one attached hydrogen (secondary N) is 5. The highest BCUT2D eigenvalue weighted by Crippen LogP contribution is 2.20. The first kappa shape index (κ1) is 39.8. The summed E-state index contributed by atoms with van der Waals surface area (Å²) >= 11 is 1.36. The molecule has 0 unspecified atom stereocenters. The molecular formula is C40H41N5O9S. The molecule has 4 aromatic rings. The van der Waals surface area contributed by atoms with E-state index in [-0.39, 0.29) is 38.5 Å². The Morgan fingerprint density at radius 3 is 1.89 bits per heavy atom. The average Bonchev–Trinajstić information content (AvgIpc) is 3.69. The van der Waals surface area contributed by atoms with E-state index in [9.17, 15) is 43.8 Å². The van der Waals surface area contributed by atoms with Crippen LogP contribution in [0.4, 0.5) is 5.69 Å². The molecule has 0 saturated heterocycles. The minimum Gasteiger partial charge on any atom is -0.481 e. The number of amides is 5. The molecule has 0 fully saturated rings. The summed E-state index contributed by atoms with van der Waals surface area (Å²) in [6, 6.07) is 21.3. The molecule has 3 aromatic carbocycles. The van der Waals surface area contributed by atoms with Crippen LogP contribution in [0.15, 0.2) is 96.4 Å². The van der Waals surface area contributed by atoms with Crippen LogP contribution in [-0.4, -0.2) is 75.9 Å². The molecule has 14 nitrogen and oxygen atoms in total. The van der Waals surface area contributed by atoms with Gasteiger partial charge < -0.3 is 36.8 Å².